The molecule has 0 unspecified atom stereocenters. The van der Waals surface area contributed by atoms with E-state index < -0.39 is 0 Å². The Balaban J connectivity index is 0.000000861. The number of Topliss-reactive ketones (excluding diaryl/α,β-unsaturated/α-hetero) is 1. The molecule has 2 rings (SSSR count). The minimum Gasteiger partial charge on any atom is -0.466 e. The fourth-order valence-corrected chi connectivity index (χ4v) is 1.78. The Bertz CT molecular complexity index is 483. The number of carbonyl (C=O) groups is 1. The normalized spacial score (nSPS) is 9.63. The third-order valence-corrected chi connectivity index (χ3v) is 2.64. The van der Waals surface area contributed by atoms with Gasteiger partial charge in [-0.05, 0) is 18.6 Å². The van der Waals surface area contributed by atoms with Crippen LogP contribution in [0.4, 0.5) is 0 Å². The van der Waals surface area contributed by atoms with E-state index in [2.05, 4.69) is 6.92 Å². The molecule has 0 fully saturated rings. The van der Waals surface area contributed by atoms with Crippen molar-refractivity contribution >= 4 is 5.78 Å². The van der Waals surface area contributed by atoms with Crippen molar-refractivity contribution in [2.45, 2.75) is 40.0 Å². The number of ketones is 1. The van der Waals surface area contributed by atoms with Gasteiger partial charge in [0.25, 0.3) is 0 Å². The maximum atomic E-state index is 11.9. The first-order valence-corrected chi connectivity index (χ1v) is 6.95. The Morgan fingerprint density at radius 1 is 1.00 bits per heavy atom. The lowest BCUT2D eigenvalue weighted by Gasteiger charge is -1.98. The lowest BCUT2D eigenvalue weighted by molar-refractivity contribution is 0.0986. The molecule has 0 spiro atoms. The topological polar surface area (TPSA) is 30.2 Å². The fraction of sp³-hybridized carbons (Fsp3) is 0.353. The van der Waals surface area contributed by atoms with Gasteiger partial charge in [0.1, 0.15) is 11.5 Å². The van der Waals surface area contributed by atoms with E-state index in [-0.39, 0.29) is 5.78 Å². The monoisotopic (exact) mass is 258 g/mol. The highest BCUT2D eigenvalue weighted by Crippen LogP contribution is 2.13. The molecule has 2 aromatic rings. The molecule has 1 aromatic heterocycles. The van der Waals surface area contributed by atoms with Crippen molar-refractivity contribution < 1.29 is 9.21 Å². The van der Waals surface area contributed by atoms with E-state index in [0.29, 0.717) is 6.42 Å². The van der Waals surface area contributed by atoms with Crippen molar-refractivity contribution in [1.29, 1.82) is 0 Å². The van der Waals surface area contributed by atoms with E-state index in [1.54, 1.807) is 0 Å². The molecular formula is C17H22O2. The van der Waals surface area contributed by atoms with Crippen LogP contribution >= 0.6 is 0 Å². The van der Waals surface area contributed by atoms with E-state index in [1.165, 1.54) is 0 Å². The standard InChI is InChI=1S/C15H16O2.C2H6/c1-2-6-13-9-10-14(17-13)11-15(16)12-7-4-3-5-8-12;1-2/h3-5,7-10H,2,6,11H2,1H3;1-2H3. The SMILES string of the molecule is CC.CCCc1ccc(CC(=O)c2ccccc2)o1. The minimum atomic E-state index is 0.1000. The minimum absolute atomic E-state index is 0.1000. The second-order valence-corrected chi connectivity index (χ2v) is 4.08. The molecule has 0 bridgehead atoms. The van der Waals surface area contributed by atoms with Crippen molar-refractivity contribution in [3.63, 3.8) is 0 Å². The lowest BCUT2D eigenvalue weighted by atomic mass is 10.1. The molecule has 0 N–H and O–H groups in total. The zero-order valence-corrected chi connectivity index (χ0v) is 12.0. The van der Waals surface area contributed by atoms with Crippen LogP contribution in [0.2, 0.25) is 0 Å². The van der Waals surface area contributed by atoms with Crippen LogP contribution in [0.15, 0.2) is 46.9 Å². The molecule has 0 atom stereocenters. The second-order valence-electron chi connectivity index (χ2n) is 4.08. The van der Waals surface area contributed by atoms with Gasteiger partial charge in [-0.1, -0.05) is 51.1 Å². The van der Waals surface area contributed by atoms with Gasteiger partial charge in [-0.15, -0.1) is 0 Å². The van der Waals surface area contributed by atoms with Gasteiger partial charge in [0.2, 0.25) is 0 Å². The van der Waals surface area contributed by atoms with E-state index >= 15 is 0 Å². The quantitative estimate of drug-likeness (QED) is 0.729. The van der Waals surface area contributed by atoms with Gasteiger partial charge in [-0.3, -0.25) is 4.79 Å². The summed E-state index contributed by atoms with van der Waals surface area (Å²) in [5.74, 6) is 1.81. The fourth-order valence-electron chi connectivity index (χ4n) is 1.78. The Hall–Kier alpha value is -1.83. The van der Waals surface area contributed by atoms with Gasteiger partial charge < -0.3 is 4.42 Å². The highest BCUT2D eigenvalue weighted by atomic mass is 16.3. The van der Waals surface area contributed by atoms with Crippen LogP contribution in [-0.2, 0) is 12.8 Å². The van der Waals surface area contributed by atoms with Crippen molar-refractivity contribution in [2.75, 3.05) is 0 Å². The van der Waals surface area contributed by atoms with Gasteiger partial charge in [0.15, 0.2) is 5.78 Å². The van der Waals surface area contributed by atoms with Gasteiger partial charge in [-0.25, -0.2) is 0 Å². The zero-order chi connectivity index (χ0) is 14.1. The molecule has 0 radical (unpaired) electrons. The first kappa shape index (κ1) is 15.2. The third kappa shape index (κ3) is 4.74. The molecule has 0 aliphatic heterocycles. The molecule has 102 valence electrons. The van der Waals surface area contributed by atoms with Crippen LogP contribution in [0.25, 0.3) is 0 Å². The Morgan fingerprint density at radius 2 is 1.63 bits per heavy atom. The first-order valence-electron chi connectivity index (χ1n) is 6.95. The molecular weight excluding hydrogens is 236 g/mol. The Kier molecular flexibility index (Phi) is 6.65. The largest absolute Gasteiger partial charge is 0.466 e. The Labute approximate surface area is 115 Å². The van der Waals surface area contributed by atoms with Crippen LogP contribution in [0.5, 0.6) is 0 Å². The van der Waals surface area contributed by atoms with Gasteiger partial charge in [0.05, 0.1) is 6.42 Å². The third-order valence-electron chi connectivity index (χ3n) is 2.64. The maximum absolute atomic E-state index is 11.9. The molecule has 0 amide bonds. The first-order chi connectivity index (χ1) is 9.29. The Morgan fingerprint density at radius 3 is 2.26 bits per heavy atom. The van der Waals surface area contributed by atoms with Crippen LogP contribution in [-0.4, -0.2) is 5.78 Å². The van der Waals surface area contributed by atoms with Crippen LogP contribution < -0.4 is 0 Å². The van der Waals surface area contributed by atoms with Crippen LogP contribution in [0.1, 0.15) is 49.1 Å². The van der Waals surface area contributed by atoms with Gasteiger partial charge in [0, 0.05) is 12.0 Å². The van der Waals surface area contributed by atoms with E-state index in [9.17, 15) is 4.79 Å². The summed E-state index contributed by atoms with van der Waals surface area (Å²) in [6.45, 7) is 6.11. The molecule has 1 heterocycles. The predicted molar refractivity (Wildman–Crippen MR) is 78.5 cm³/mol. The number of hydrogen-bond donors (Lipinski definition) is 0. The summed E-state index contributed by atoms with van der Waals surface area (Å²) < 4.78 is 5.60. The van der Waals surface area contributed by atoms with Crippen molar-refractivity contribution in [1.82, 2.24) is 0 Å². The molecule has 2 heteroatoms. The van der Waals surface area contributed by atoms with Gasteiger partial charge >= 0.3 is 0 Å². The predicted octanol–water partition coefficient (Wildman–Crippen LogP) is 4.68. The summed E-state index contributed by atoms with van der Waals surface area (Å²) in [4.78, 5) is 11.9. The van der Waals surface area contributed by atoms with Gasteiger partial charge in [-0.2, -0.15) is 0 Å². The van der Waals surface area contributed by atoms with E-state index in [4.69, 9.17) is 4.42 Å². The highest BCUT2D eigenvalue weighted by Gasteiger charge is 2.09. The smallest absolute Gasteiger partial charge is 0.170 e. The molecule has 19 heavy (non-hydrogen) atoms. The second kappa shape index (κ2) is 8.30. The summed E-state index contributed by atoms with van der Waals surface area (Å²) in [7, 11) is 0. The molecule has 0 saturated heterocycles. The number of furan rings is 1. The average molecular weight is 258 g/mol. The molecule has 2 nitrogen and oxygen atoms in total. The van der Waals surface area contributed by atoms with E-state index in [0.717, 1.165) is 29.9 Å². The summed E-state index contributed by atoms with van der Waals surface area (Å²) >= 11 is 0. The highest BCUT2D eigenvalue weighted by molar-refractivity contribution is 5.97. The van der Waals surface area contributed by atoms with E-state index in [1.807, 2.05) is 56.3 Å². The number of hydrogen-bond acceptors (Lipinski definition) is 2. The summed E-state index contributed by atoms with van der Waals surface area (Å²) in [5.41, 5.74) is 0.737. The maximum Gasteiger partial charge on any atom is 0.170 e. The number of benzene rings is 1. The van der Waals surface area contributed by atoms with Crippen molar-refractivity contribution in [3.8, 4) is 0 Å². The van der Waals surface area contributed by atoms with Crippen LogP contribution in [0, 0.1) is 0 Å². The molecule has 0 aliphatic carbocycles. The zero-order valence-electron chi connectivity index (χ0n) is 12.0. The number of aryl methyl sites for hydroxylation is 1. The van der Waals surface area contributed by atoms with Crippen molar-refractivity contribution in [2.24, 2.45) is 0 Å². The number of carbonyl (C=O) groups excluding carboxylic acids is 1. The molecule has 0 saturated carbocycles. The molecule has 1 aromatic carbocycles. The number of rotatable bonds is 5. The summed E-state index contributed by atoms with van der Waals surface area (Å²) in [6.07, 6.45) is 2.33. The van der Waals surface area contributed by atoms with Crippen LogP contribution in [0.3, 0.4) is 0 Å². The summed E-state index contributed by atoms with van der Waals surface area (Å²) in [6, 6.07) is 13.2. The average Bonchev–Trinajstić information content (AvgIpc) is 2.90. The summed E-state index contributed by atoms with van der Waals surface area (Å²) in [5, 5.41) is 0. The lowest BCUT2D eigenvalue weighted by Crippen LogP contribution is -2.02. The molecule has 0 aliphatic rings. The van der Waals surface area contributed by atoms with Crippen molar-refractivity contribution in [3.05, 3.63) is 59.5 Å².